The Morgan fingerprint density at radius 1 is 0.900 bits per heavy atom. The van der Waals surface area contributed by atoms with Gasteiger partial charge in [0.05, 0.1) is 15.9 Å². The van der Waals surface area contributed by atoms with E-state index in [1.807, 2.05) is 6.07 Å². The summed E-state index contributed by atoms with van der Waals surface area (Å²) >= 11 is 0. The van der Waals surface area contributed by atoms with E-state index in [0.717, 1.165) is 11.0 Å². The van der Waals surface area contributed by atoms with E-state index in [1.54, 1.807) is 51.1 Å². The zero-order valence-electron chi connectivity index (χ0n) is 22.3. The molecule has 3 rings (SSSR count). The highest BCUT2D eigenvalue weighted by Crippen LogP contribution is 2.23. The standard InChI is InChI=1S/C28H31N3O7S2/c1-4-31(5-2)40(36,37)25-16-11-21(3)26(19-25)29-27(32)20-38-28(33)23-12-14-24(15-13-23)30-39(34,35)18-17-22-9-7-6-8-10-22/h6-19,30H,4-5,20H2,1-3H3,(H,29,32). The lowest BCUT2D eigenvalue weighted by Gasteiger charge is -2.19. The van der Waals surface area contributed by atoms with Gasteiger partial charge in [0.1, 0.15) is 0 Å². The molecule has 0 fully saturated rings. The molecule has 0 atom stereocenters. The molecule has 212 valence electrons. The first-order chi connectivity index (χ1) is 18.9. The lowest BCUT2D eigenvalue weighted by atomic mass is 10.2. The number of carbonyl (C=O) groups is 2. The molecule has 40 heavy (non-hydrogen) atoms. The third-order valence-electron chi connectivity index (χ3n) is 5.78. The first-order valence-electron chi connectivity index (χ1n) is 12.4. The van der Waals surface area contributed by atoms with Crippen molar-refractivity contribution in [3.8, 4) is 0 Å². The number of nitrogens with zero attached hydrogens (tertiary/aromatic N) is 1. The summed E-state index contributed by atoms with van der Waals surface area (Å²) < 4.78 is 59.0. The molecule has 0 saturated heterocycles. The third-order valence-corrected chi connectivity index (χ3v) is 8.84. The van der Waals surface area contributed by atoms with Crippen LogP contribution in [0, 0.1) is 6.92 Å². The molecule has 2 N–H and O–H groups in total. The number of esters is 1. The molecule has 0 spiro atoms. The van der Waals surface area contributed by atoms with Crippen molar-refractivity contribution in [3.05, 3.63) is 94.9 Å². The summed E-state index contributed by atoms with van der Waals surface area (Å²) in [6.45, 7) is 5.20. The van der Waals surface area contributed by atoms with Gasteiger partial charge in [-0.2, -0.15) is 4.31 Å². The van der Waals surface area contributed by atoms with Gasteiger partial charge in [0.2, 0.25) is 10.0 Å². The first-order valence-corrected chi connectivity index (χ1v) is 15.4. The molecule has 3 aromatic rings. The summed E-state index contributed by atoms with van der Waals surface area (Å²) in [5, 5.41) is 3.62. The molecular weight excluding hydrogens is 554 g/mol. The van der Waals surface area contributed by atoms with E-state index in [-0.39, 0.29) is 21.8 Å². The summed E-state index contributed by atoms with van der Waals surface area (Å²) in [7, 11) is -7.50. The number of hydrogen-bond acceptors (Lipinski definition) is 7. The van der Waals surface area contributed by atoms with Crippen molar-refractivity contribution < 1.29 is 31.2 Å². The van der Waals surface area contributed by atoms with Crippen LogP contribution in [0.25, 0.3) is 6.08 Å². The fourth-order valence-corrected chi connectivity index (χ4v) is 5.97. The Bertz CT molecular complexity index is 1580. The quantitative estimate of drug-likeness (QED) is 0.303. The van der Waals surface area contributed by atoms with Gasteiger partial charge >= 0.3 is 5.97 Å². The Hall–Kier alpha value is -4.00. The molecular formula is C28H31N3O7S2. The molecule has 10 nitrogen and oxygen atoms in total. The number of anilines is 2. The van der Waals surface area contributed by atoms with E-state index in [2.05, 4.69) is 10.0 Å². The zero-order chi connectivity index (χ0) is 29.3. The van der Waals surface area contributed by atoms with Crippen LogP contribution in [0.15, 0.2) is 83.1 Å². The van der Waals surface area contributed by atoms with Crippen molar-refractivity contribution in [3.63, 3.8) is 0 Å². The molecule has 0 saturated carbocycles. The lowest BCUT2D eigenvalue weighted by molar-refractivity contribution is -0.119. The normalized spacial score (nSPS) is 11.9. The summed E-state index contributed by atoms with van der Waals surface area (Å²) in [5.74, 6) is -1.44. The van der Waals surface area contributed by atoms with Crippen LogP contribution in [0.2, 0.25) is 0 Å². The Morgan fingerprint density at radius 2 is 1.55 bits per heavy atom. The fraction of sp³-hybridized carbons (Fsp3) is 0.214. The molecule has 1 amide bonds. The van der Waals surface area contributed by atoms with Crippen molar-refractivity contribution in [1.29, 1.82) is 0 Å². The molecule has 0 unspecified atom stereocenters. The van der Waals surface area contributed by atoms with Crippen molar-refractivity contribution in [2.24, 2.45) is 0 Å². The maximum absolute atomic E-state index is 12.8. The van der Waals surface area contributed by atoms with E-state index in [4.69, 9.17) is 4.74 Å². The van der Waals surface area contributed by atoms with E-state index in [0.29, 0.717) is 18.7 Å². The minimum absolute atomic E-state index is 0.0420. The second kappa shape index (κ2) is 13.4. The smallest absolute Gasteiger partial charge is 0.338 e. The average Bonchev–Trinajstić information content (AvgIpc) is 2.93. The Kier molecular flexibility index (Phi) is 10.2. The summed E-state index contributed by atoms with van der Waals surface area (Å²) in [6, 6.07) is 18.9. The predicted octanol–water partition coefficient (Wildman–Crippen LogP) is 4.23. The highest BCUT2D eigenvalue weighted by Gasteiger charge is 2.22. The minimum atomic E-state index is -3.78. The van der Waals surface area contributed by atoms with Crippen LogP contribution in [0.4, 0.5) is 11.4 Å². The maximum Gasteiger partial charge on any atom is 0.338 e. The third kappa shape index (κ3) is 8.25. The number of carbonyl (C=O) groups excluding carboxylic acids is 2. The molecule has 0 aromatic heterocycles. The fourth-order valence-electron chi connectivity index (χ4n) is 3.61. The molecule has 0 radical (unpaired) electrons. The number of nitrogens with one attached hydrogen (secondary N) is 2. The zero-order valence-corrected chi connectivity index (χ0v) is 24.0. The Balaban J connectivity index is 1.58. The lowest BCUT2D eigenvalue weighted by Crippen LogP contribution is -2.30. The number of amides is 1. The van der Waals surface area contributed by atoms with Crippen LogP contribution in [0.3, 0.4) is 0 Å². The highest BCUT2D eigenvalue weighted by molar-refractivity contribution is 7.95. The molecule has 0 aliphatic rings. The number of hydrogen-bond donors (Lipinski definition) is 2. The summed E-state index contributed by atoms with van der Waals surface area (Å²) in [4.78, 5) is 24.9. The topological polar surface area (TPSA) is 139 Å². The highest BCUT2D eigenvalue weighted by atomic mass is 32.2. The molecule has 12 heteroatoms. The first kappa shape index (κ1) is 30.5. The Morgan fingerprint density at radius 3 is 2.17 bits per heavy atom. The van der Waals surface area contributed by atoms with Gasteiger partial charge in [0.15, 0.2) is 6.61 Å². The largest absolute Gasteiger partial charge is 0.452 e. The van der Waals surface area contributed by atoms with Crippen LogP contribution in [0.5, 0.6) is 0 Å². The second-order valence-corrected chi connectivity index (χ2v) is 12.1. The van der Waals surface area contributed by atoms with Crippen LogP contribution in [0.1, 0.15) is 35.3 Å². The summed E-state index contributed by atoms with van der Waals surface area (Å²) in [5.41, 5.74) is 1.99. The van der Waals surface area contributed by atoms with Crippen LogP contribution < -0.4 is 10.0 Å². The number of ether oxygens (including phenoxy) is 1. The van der Waals surface area contributed by atoms with Crippen LogP contribution in [-0.2, 0) is 29.6 Å². The van der Waals surface area contributed by atoms with Gasteiger partial charge in [-0.05, 0) is 60.5 Å². The molecule has 0 aliphatic heterocycles. The maximum atomic E-state index is 12.8. The molecule has 0 heterocycles. The van der Waals surface area contributed by atoms with Crippen LogP contribution >= 0.6 is 0 Å². The van der Waals surface area contributed by atoms with Gasteiger partial charge < -0.3 is 10.1 Å². The Labute approximate surface area is 234 Å². The van der Waals surface area contributed by atoms with Gasteiger partial charge in [0, 0.05) is 24.5 Å². The van der Waals surface area contributed by atoms with Gasteiger partial charge in [-0.3, -0.25) is 9.52 Å². The van der Waals surface area contributed by atoms with E-state index in [1.165, 1.54) is 46.8 Å². The van der Waals surface area contributed by atoms with E-state index in [9.17, 15) is 26.4 Å². The van der Waals surface area contributed by atoms with Crippen molar-refractivity contribution in [2.75, 3.05) is 29.7 Å². The van der Waals surface area contributed by atoms with Gasteiger partial charge in [-0.15, -0.1) is 0 Å². The summed E-state index contributed by atoms with van der Waals surface area (Å²) in [6.07, 6.45) is 1.46. The molecule has 0 aliphatic carbocycles. The van der Waals surface area contributed by atoms with E-state index < -0.39 is 38.5 Å². The predicted molar refractivity (Wildman–Crippen MR) is 155 cm³/mol. The number of sulfonamides is 2. The second-order valence-electron chi connectivity index (χ2n) is 8.63. The monoisotopic (exact) mass is 585 g/mol. The van der Waals surface area contributed by atoms with Gasteiger partial charge in [0.25, 0.3) is 15.9 Å². The van der Waals surface area contributed by atoms with Crippen molar-refractivity contribution >= 4 is 49.4 Å². The number of benzene rings is 3. The van der Waals surface area contributed by atoms with Crippen LogP contribution in [-0.4, -0.2) is 52.7 Å². The molecule has 0 bridgehead atoms. The van der Waals surface area contributed by atoms with Gasteiger partial charge in [-0.1, -0.05) is 50.2 Å². The molecule has 3 aromatic carbocycles. The SMILES string of the molecule is CCN(CC)S(=O)(=O)c1ccc(C)c(NC(=O)COC(=O)c2ccc(NS(=O)(=O)C=Cc3ccccc3)cc2)c1. The van der Waals surface area contributed by atoms with Gasteiger partial charge in [-0.25, -0.2) is 21.6 Å². The van der Waals surface area contributed by atoms with Crippen molar-refractivity contribution in [2.45, 2.75) is 25.7 Å². The minimum Gasteiger partial charge on any atom is -0.452 e. The van der Waals surface area contributed by atoms with Crippen molar-refractivity contribution in [1.82, 2.24) is 4.31 Å². The number of rotatable bonds is 12. The average molecular weight is 586 g/mol. The number of aryl methyl sites for hydroxylation is 1. The van der Waals surface area contributed by atoms with E-state index >= 15 is 0 Å².